The third kappa shape index (κ3) is 4.00. The molecule has 2 aromatic rings. The monoisotopic (exact) mass is 384 g/mol. The van der Waals surface area contributed by atoms with Crippen molar-refractivity contribution >= 4 is 27.3 Å². The second-order valence-corrected chi connectivity index (χ2v) is 9.22. The Morgan fingerprint density at radius 2 is 1.96 bits per heavy atom. The lowest BCUT2D eigenvalue weighted by Gasteiger charge is -2.30. The van der Waals surface area contributed by atoms with Crippen LogP contribution in [0.5, 0.6) is 0 Å². The van der Waals surface area contributed by atoms with E-state index in [1.165, 1.54) is 0 Å². The van der Waals surface area contributed by atoms with Crippen molar-refractivity contribution in [1.82, 2.24) is 0 Å². The molecule has 4 rings (SSSR count). The van der Waals surface area contributed by atoms with E-state index in [-0.39, 0.29) is 17.6 Å². The van der Waals surface area contributed by atoms with Crippen LogP contribution in [0, 0.1) is 12.8 Å². The molecule has 5 nitrogen and oxygen atoms in total. The number of carbonyl (C=O) groups excluding carboxylic acids is 1. The van der Waals surface area contributed by atoms with Crippen molar-refractivity contribution in [1.29, 1.82) is 0 Å². The van der Waals surface area contributed by atoms with E-state index in [0.717, 1.165) is 54.6 Å². The predicted molar refractivity (Wildman–Crippen MR) is 107 cm³/mol. The van der Waals surface area contributed by atoms with Gasteiger partial charge in [-0.15, -0.1) is 0 Å². The fraction of sp³-hybridized carbons (Fsp3) is 0.381. The number of sulfonamides is 1. The zero-order chi connectivity index (χ0) is 19.0. The van der Waals surface area contributed by atoms with Gasteiger partial charge in [0.1, 0.15) is 0 Å². The molecule has 1 aliphatic heterocycles. The first-order chi connectivity index (χ1) is 12.9. The van der Waals surface area contributed by atoms with Gasteiger partial charge in [0.05, 0.1) is 5.75 Å². The number of rotatable bonds is 5. The maximum absolute atomic E-state index is 12.6. The second-order valence-electron chi connectivity index (χ2n) is 7.50. The summed E-state index contributed by atoms with van der Waals surface area (Å²) in [5.74, 6) is 0.343. The van der Waals surface area contributed by atoms with E-state index in [2.05, 4.69) is 4.72 Å². The smallest absolute Gasteiger partial charge is 0.236 e. The zero-order valence-electron chi connectivity index (χ0n) is 15.4. The largest absolute Gasteiger partial charge is 0.312 e. The summed E-state index contributed by atoms with van der Waals surface area (Å²) in [5, 5.41) is 0. The van der Waals surface area contributed by atoms with Crippen molar-refractivity contribution < 1.29 is 13.2 Å². The van der Waals surface area contributed by atoms with Gasteiger partial charge in [-0.2, -0.15) is 0 Å². The van der Waals surface area contributed by atoms with Crippen LogP contribution in [0.15, 0.2) is 42.5 Å². The quantitative estimate of drug-likeness (QED) is 0.856. The van der Waals surface area contributed by atoms with Crippen molar-refractivity contribution in [2.75, 3.05) is 16.2 Å². The molecule has 1 heterocycles. The Morgan fingerprint density at radius 1 is 1.19 bits per heavy atom. The number of benzene rings is 2. The Balaban J connectivity index is 1.53. The van der Waals surface area contributed by atoms with E-state index in [9.17, 15) is 13.2 Å². The molecule has 1 fully saturated rings. The molecule has 27 heavy (non-hydrogen) atoms. The Morgan fingerprint density at radius 3 is 2.70 bits per heavy atom. The van der Waals surface area contributed by atoms with E-state index in [1.807, 2.05) is 48.2 Å². The fourth-order valence-electron chi connectivity index (χ4n) is 3.63. The fourth-order valence-corrected chi connectivity index (χ4v) is 4.92. The summed E-state index contributed by atoms with van der Waals surface area (Å²) < 4.78 is 27.9. The van der Waals surface area contributed by atoms with Gasteiger partial charge in [-0.1, -0.05) is 24.3 Å². The summed E-state index contributed by atoms with van der Waals surface area (Å²) >= 11 is 0. The summed E-state index contributed by atoms with van der Waals surface area (Å²) in [6.07, 6.45) is 3.74. The molecule has 1 saturated carbocycles. The van der Waals surface area contributed by atoms with E-state index < -0.39 is 10.0 Å². The van der Waals surface area contributed by atoms with E-state index in [0.29, 0.717) is 5.69 Å². The second kappa shape index (κ2) is 7.00. The van der Waals surface area contributed by atoms with Gasteiger partial charge in [-0.3, -0.25) is 9.52 Å². The number of aryl methyl sites for hydroxylation is 2. The van der Waals surface area contributed by atoms with Crippen LogP contribution in [0.3, 0.4) is 0 Å². The average molecular weight is 385 g/mol. The van der Waals surface area contributed by atoms with Gasteiger partial charge in [0.25, 0.3) is 0 Å². The van der Waals surface area contributed by atoms with Crippen LogP contribution in [-0.4, -0.2) is 20.9 Å². The number of amides is 1. The van der Waals surface area contributed by atoms with Gasteiger partial charge in [0, 0.05) is 23.8 Å². The molecule has 0 unspecified atom stereocenters. The lowest BCUT2D eigenvalue weighted by molar-refractivity contribution is -0.119. The maximum Gasteiger partial charge on any atom is 0.236 e. The molecule has 2 aliphatic rings. The van der Waals surface area contributed by atoms with E-state index in [4.69, 9.17) is 0 Å². The predicted octanol–water partition coefficient (Wildman–Crippen LogP) is 3.63. The molecular formula is C21H24N2O3S. The first kappa shape index (κ1) is 18.0. The molecule has 6 heteroatoms. The molecule has 0 spiro atoms. The van der Waals surface area contributed by atoms with Crippen LogP contribution < -0.4 is 9.62 Å². The lowest BCUT2D eigenvalue weighted by atomic mass is 10.0. The topological polar surface area (TPSA) is 66.5 Å². The molecule has 0 aromatic heterocycles. The van der Waals surface area contributed by atoms with Gasteiger partial charge in [-0.05, 0) is 67.5 Å². The van der Waals surface area contributed by atoms with Crippen molar-refractivity contribution in [3.8, 4) is 0 Å². The van der Waals surface area contributed by atoms with Crippen molar-refractivity contribution in [3.05, 3.63) is 59.2 Å². The van der Waals surface area contributed by atoms with Gasteiger partial charge in [0.15, 0.2) is 0 Å². The molecule has 0 atom stereocenters. The Labute approximate surface area is 160 Å². The molecule has 0 saturated heterocycles. The van der Waals surface area contributed by atoms with Gasteiger partial charge >= 0.3 is 0 Å². The minimum Gasteiger partial charge on any atom is -0.312 e. The molecule has 1 N–H and O–H groups in total. The molecule has 2 aromatic carbocycles. The number of hydrogen-bond acceptors (Lipinski definition) is 3. The van der Waals surface area contributed by atoms with Crippen LogP contribution in [0.2, 0.25) is 0 Å². The van der Waals surface area contributed by atoms with Crippen molar-refractivity contribution in [2.45, 2.75) is 38.4 Å². The minimum absolute atomic E-state index is 0.0525. The molecular weight excluding hydrogens is 360 g/mol. The summed E-state index contributed by atoms with van der Waals surface area (Å²) in [6.45, 7) is 2.66. The van der Waals surface area contributed by atoms with Crippen LogP contribution in [0.4, 0.5) is 11.4 Å². The summed E-state index contributed by atoms with van der Waals surface area (Å²) in [7, 11) is -3.50. The normalized spacial score (nSPS) is 16.7. The van der Waals surface area contributed by atoms with Gasteiger partial charge < -0.3 is 4.90 Å². The average Bonchev–Trinajstić information content (AvgIpc) is 3.47. The first-order valence-electron chi connectivity index (χ1n) is 9.42. The molecule has 0 bridgehead atoms. The van der Waals surface area contributed by atoms with Crippen LogP contribution >= 0.6 is 0 Å². The van der Waals surface area contributed by atoms with Gasteiger partial charge in [-0.25, -0.2) is 8.42 Å². The SMILES string of the molecule is Cc1ccccc1CS(=O)(=O)Nc1ccc2c(c1)CCCN2C(=O)C1CC1. The number of nitrogens with zero attached hydrogens (tertiary/aromatic N) is 1. The van der Waals surface area contributed by atoms with Crippen molar-refractivity contribution in [3.63, 3.8) is 0 Å². The maximum atomic E-state index is 12.6. The van der Waals surface area contributed by atoms with Crippen molar-refractivity contribution in [2.24, 2.45) is 5.92 Å². The molecule has 0 radical (unpaired) electrons. The third-order valence-corrected chi connectivity index (χ3v) is 6.51. The Hall–Kier alpha value is -2.34. The van der Waals surface area contributed by atoms with Crippen LogP contribution in [0.25, 0.3) is 0 Å². The Bertz CT molecular complexity index is 981. The zero-order valence-corrected chi connectivity index (χ0v) is 16.3. The standard InChI is InChI=1S/C21H24N2O3S/c1-15-5-2-3-6-18(15)14-27(25,26)22-19-10-11-20-17(13-19)7-4-12-23(20)21(24)16-8-9-16/h2-3,5-6,10-11,13,16,22H,4,7-9,12,14H2,1H3. The van der Waals surface area contributed by atoms with Gasteiger partial charge in [0.2, 0.25) is 15.9 Å². The first-order valence-corrected chi connectivity index (χ1v) is 11.1. The van der Waals surface area contributed by atoms with E-state index in [1.54, 1.807) is 6.07 Å². The summed E-state index contributed by atoms with van der Waals surface area (Å²) in [4.78, 5) is 14.4. The number of nitrogens with one attached hydrogen (secondary N) is 1. The third-order valence-electron chi connectivity index (χ3n) is 5.27. The number of carbonyl (C=O) groups is 1. The Kier molecular flexibility index (Phi) is 4.68. The number of fused-ring (bicyclic) bond motifs is 1. The number of anilines is 2. The highest BCUT2D eigenvalue weighted by atomic mass is 32.2. The molecule has 142 valence electrons. The highest BCUT2D eigenvalue weighted by molar-refractivity contribution is 7.91. The summed E-state index contributed by atoms with van der Waals surface area (Å²) in [5.41, 5.74) is 4.28. The highest BCUT2D eigenvalue weighted by Crippen LogP contribution is 2.36. The number of hydrogen-bond donors (Lipinski definition) is 1. The lowest BCUT2D eigenvalue weighted by Crippen LogP contribution is -2.36. The summed E-state index contributed by atoms with van der Waals surface area (Å²) in [6, 6.07) is 13.0. The highest BCUT2D eigenvalue weighted by Gasteiger charge is 2.35. The molecule has 1 amide bonds. The minimum atomic E-state index is -3.50. The van der Waals surface area contributed by atoms with E-state index >= 15 is 0 Å². The van der Waals surface area contributed by atoms with Crippen LogP contribution in [-0.2, 0) is 27.0 Å². The molecule has 1 aliphatic carbocycles. The van der Waals surface area contributed by atoms with Crippen LogP contribution in [0.1, 0.15) is 36.0 Å².